The van der Waals surface area contributed by atoms with Crippen LogP contribution in [0.3, 0.4) is 0 Å². The summed E-state index contributed by atoms with van der Waals surface area (Å²) in [6.45, 7) is 1.98. The number of aromatic nitrogens is 8. The molecule has 0 aliphatic carbocycles. The van der Waals surface area contributed by atoms with Crippen molar-refractivity contribution < 1.29 is 13.2 Å². The second-order valence-electron chi connectivity index (χ2n) is 8.20. The van der Waals surface area contributed by atoms with Gasteiger partial charge in [0.1, 0.15) is 22.7 Å². The average molecular weight is 510 g/mol. The maximum atomic E-state index is 13.1. The maximum Gasteiger partial charge on any atom is 0.433 e. The molecule has 0 aliphatic rings. The van der Waals surface area contributed by atoms with E-state index in [-0.39, 0.29) is 28.2 Å². The standard InChI is InChI=1S/C23H21F3N10O/c1-4-12-13(20-31-34-36(3)33-20)7-5-8-14(12)27-15-11-18(30-21-19(15)22(37)35(2)32-21)29-17-10-6-9-16(28-17)23(24,25)26/h5-11H,4H2,1-3H3,(H3,27,28,29,30,32). The van der Waals surface area contributed by atoms with Gasteiger partial charge < -0.3 is 10.6 Å². The molecule has 3 N–H and O–H groups in total. The molecule has 14 heteroatoms. The quantitative estimate of drug-likeness (QED) is 0.313. The highest BCUT2D eigenvalue weighted by Gasteiger charge is 2.32. The van der Waals surface area contributed by atoms with Gasteiger partial charge in [0, 0.05) is 24.4 Å². The number of alkyl halides is 3. The van der Waals surface area contributed by atoms with Crippen LogP contribution >= 0.6 is 0 Å². The van der Waals surface area contributed by atoms with Crippen molar-refractivity contribution in [1.82, 2.24) is 40.0 Å². The predicted molar refractivity (Wildman–Crippen MR) is 131 cm³/mol. The Hall–Kier alpha value is -4.75. The fourth-order valence-corrected chi connectivity index (χ4v) is 4.01. The van der Waals surface area contributed by atoms with Crippen molar-refractivity contribution in [3.05, 3.63) is 64.1 Å². The number of fused-ring (bicyclic) bond motifs is 1. The van der Waals surface area contributed by atoms with Crippen LogP contribution in [0.25, 0.3) is 22.4 Å². The van der Waals surface area contributed by atoms with Gasteiger partial charge in [0.2, 0.25) is 5.82 Å². The van der Waals surface area contributed by atoms with Gasteiger partial charge in [-0.05, 0) is 35.4 Å². The number of hydrogen-bond donors (Lipinski definition) is 3. The maximum absolute atomic E-state index is 13.1. The van der Waals surface area contributed by atoms with Gasteiger partial charge in [0.15, 0.2) is 5.65 Å². The summed E-state index contributed by atoms with van der Waals surface area (Å²) in [5.74, 6) is 0.600. The Labute approximate surface area is 207 Å². The number of aromatic amines is 1. The summed E-state index contributed by atoms with van der Waals surface area (Å²) in [6.07, 6.45) is -3.97. The van der Waals surface area contributed by atoms with E-state index in [0.717, 1.165) is 17.2 Å². The highest BCUT2D eigenvalue weighted by atomic mass is 19.4. The summed E-state index contributed by atoms with van der Waals surface area (Å²) in [5.41, 5.74) is 1.66. The number of anilines is 4. The fourth-order valence-electron chi connectivity index (χ4n) is 4.01. The molecule has 4 aromatic heterocycles. The van der Waals surface area contributed by atoms with Gasteiger partial charge in [-0.2, -0.15) is 18.0 Å². The average Bonchev–Trinajstić information content (AvgIpc) is 3.41. The molecule has 0 atom stereocenters. The summed E-state index contributed by atoms with van der Waals surface area (Å²) in [4.78, 5) is 22.3. The molecule has 37 heavy (non-hydrogen) atoms. The second-order valence-corrected chi connectivity index (χ2v) is 8.20. The third-order valence-corrected chi connectivity index (χ3v) is 5.66. The van der Waals surface area contributed by atoms with Gasteiger partial charge in [0.25, 0.3) is 5.56 Å². The van der Waals surface area contributed by atoms with Crippen molar-refractivity contribution in [3.63, 3.8) is 0 Å². The van der Waals surface area contributed by atoms with E-state index in [1.54, 1.807) is 20.2 Å². The Morgan fingerprint density at radius 3 is 2.49 bits per heavy atom. The molecule has 0 unspecified atom stereocenters. The Morgan fingerprint density at radius 2 is 1.78 bits per heavy atom. The van der Waals surface area contributed by atoms with Gasteiger partial charge in [-0.25, -0.2) is 9.97 Å². The molecule has 0 spiro atoms. The van der Waals surface area contributed by atoms with Crippen LogP contribution in [0, 0.1) is 0 Å². The van der Waals surface area contributed by atoms with Crippen molar-refractivity contribution in [2.75, 3.05) is 10.6 Å². The minimum absolute atomic E-state index is 0.0455. The smallest absolute Gasteiger partial charge is 0.354 e. The van der Waals surface area contributed by atoms with Gasteiger partial charge in [-0.15, -0.1) is 10.2 Å². The number of pyridine rings is 2. The Morgan fingerprint density at radius 1 is 1.00 bits per heavy atom. The van der Waals surface area contributed by atoms with Crippen LogP contribution in [-0.2, 0) is 26.7 Å². The lowest BCUT2D eigenvalue weighted by Gasteiger charge is -2.15. The van der Waals surface area contributed by atoms with Crippen molar-refractivity contribution in [1.29, 1.82) is 0 Å². The number of H-pyrrole nitrogens is 1. The van der Waals surface area contributed by atoms with E-state index in [9.17, 15) is 18.0 Å². The normalized spacial score (nSPS) is 11.7. The fraction of sp³-hybridized carbons (Fsp3) is 0.217. The van der Waals surface area contributed by atoms with Gasteiger partial charge in [-0.3, -0.25) is 14.6 Å². The molecule has 0 bridgehead atoms. The molecular weight excluding hydrogens is 489 g/mol. The molecule has 5 aromatic rings. The lowest BCUT2D eigenvalue weighted by molar-refractivity contribution is -0.141. The first-order valence-corrected chi connectivity index (χ1v) is 11.2. The van der Waals surface area contributed by atoms with E-state index in [2.05, 4.69) is 41.1 Å². The van der Waals surface area contributed by atoms with Crippen molar-refractivity contribution in [3.8, 4) is 11.4 Å². The van der Waals surface area contributed by atoms with E-state index in [4.69, 9.17) is 0 Å². The number of nitrogens with one attached hydrogen (secondary N) is 3. The predicted octanol–water partition coefficient (Wildman–Crippen LogP) is 3.92. The first-order chi connectivity index (χ1) is 17.6. The van der Waals surface area contributed by atoms with Crippen LogP contribution in [0.1, 0.15) is 18.2 Å². The zero-order valence-corrected chi connectivity index (χ0v) is 19.9. The largest absolute Gasteiger partial charge is 0.433 e. The molecule has 11 nitrogen and oxygen atoms in total. The third-order valence-electron chi connectivity index (χ3n) is 5.66. The molecule has 1 aromatic carbocycles. The number of tetrazole rings is 1. The molecule has 0 amide bonds. The summed E-state index contributed by atoms with van der Waals surface area (Å²) < 4.78 is 40.6. The number of hydrogen-bond acceptors (Lipinski definition) is 8. The highest BCUT2D eigenvalue weighted by Crippen LogP contribution is 2.33. The Balaban J connectivity index is 1.59. The minimum atomic E-state index is -4.59. The SMILES string of the molecule is CCc1c(Nc2cc(Nc3cccc(C(F)(F)F)n3)nc3[nH]n(C)c(=O)c23)cccc1-c1nnn(C)n1. The Bertz CT molecular complexity index is 1670. The number of aryl methyl sites for hydroxylation is 2. The van der Waals surface area contributed by atoms with Crippen molar-refractivity contribution in [2.24, 2.45) is 14.1 Å². The third kappa shape index (κ3) is 4.60. The zero-order chi connectivity index (χ0) is 26.3. The molecule has 0 aliphatic heterocycles. The van der Waals surface area contributed by atoms with Crippen LogP contribution in [-0.4, -0.2) is 40.0 Å². The number of nitrogens with zero attached hydrogens (tertiary/aromatic N) is 7. The van der Waals surface area contributed by atoms with Gasteiger partial charge >= 0.3 is 6.18 Å². The topological polar surface area (TPSA) is 131 Å². The van der Waals surface area contributed by atoms with Crippen molar-refractivity contribution >= 4 is 34.0 Å². The summed E-state index contributed by atoms with van der Waals surface area (Å²) in [6, 6.07) is 10.6. The summed E-state index contributed by atoms with van der Waals surface area (Å²) >= 11 is 0. The Kier molecular flexibility index (Phi) is 5.85. The first kappa shape index (κ1) is 24.0. The molecule has 0 radical (unpaired) electrons. The van der Waals surface area contributed by atoms with E-state index < -0.39 is 11.9 Å². The molecule has 5 rings (SSSR count). The number of benzene rings is 1. The minimum Gasteiger partial charge on any atom is -0.354 e. The molecule has 4 heterocycles. The highest BCUT2D eigenvalue weighted by molar-refractivity contribution is 5.93. The van der Waals surface area contributed by atoms with Crippen LogP contribution in [0.5, 0.6) is 0 Å². The van der Waals surface area contributed by atoms with Gasteiger partial charge in [-0.1, -0.05) is 25.1 Å². The summed E-state index contributed by atoms with van der Waals surface area (Å²) in [5, 5.41) is 21.6. The summed E-state index contributed by atoms with van der Waals surface area (Å²) in [7, 11) is 3.22. The number of halogens is 3. The zero-order valence-electron chi connectivity index (χ0n) is 19.9. The van der Waals surface area contributed by atoms with Crippen molar-refractivity contribution in [2.45, 2.75) is 19.5 Å². The van der Waals surface area contributed by atoms with E-state index in [1.165, 1.54) is 21.6 Å². The monoisotopic (exact) mass is 510 g/mol. The second kappa shape index (κ2) is 9.04. The van der Waals surface area contributed by atoms with E-state index >= 15 is 0 Å². The molecule has 190 valence electrons. The van der Waals surface area contributed by atoms with Crippen LogP contribution in [0.2, 0.25) is 0 Å². The van der Waals surface area contributed by atoms with Crippen LogP contribution in [0.15, 0.2) is 47.3 Å². The van der Waals surface area contributed by atoms with Crippen LogP contribution < -0.4 is 16.2 Å². The molecule has 0 saturated carbocycles. The number of rotatable bonds is 6. The van der Waals surface area contributed by atoms with Gasteiger partial charge in [0.05, 0.1) is 12.7 Å². The lowest BCUT2D eigenvalue weighted by atomic mass is 10.0. The first-order valence-electron chi connectivity index (χ1n) is 11.2. The molecule has 0 fully saturated rings. The van der Waals surface area contributed by atoms with Crippen LogP contribution in [0.4, 0.5) is 36.2 Å². The molecule has 0 saturated heterocycles. The van der Waals surface area contributed by atoms with E-state index in [1.807, 2.05) is 25.1 Å². The van der Waals surface area contributed by atoms with E-state index in [0.29, 0.717) is 23.6 Å². The molecular formula is C23H21F3N10O. The lowest BCUT2D eigenvalue weighted by Crippen LogP contribution is -2.12.